The minimum absolute atomic E-state index is 0.536. The normalized spacial score (nSPS) is 28.3. The van der Waals surface area contributed by atoms with Crippen molar-refractivity contribution in [3.63, 3.8) is 0 Å². The Balaban J connectivity index is 1.51. The lowest BCUT2D eigenvalue weighted by Crippen LogP contribution is -2.25. The summed E-state index contributed by atoms with van der Waals surface area (Å²) in [7, 11) is 0. The van der Waals surface area contributed by atoms with Crippen LogP contribution in [0.4, 0.5) is 0 Å². The SMILES string of the molecule is CCC1CCC(c2noc(CNC3CCCC3)n2)C1. The predicted octanol–water partition coefficient (Wildman–Crippen LogP) is 3.40. The Morgan fingerprint density at radius 2 is 2.05 bits per heavy atom. The van der Waals surface area contributed by atoms with Gasteiger partial charge in [-0.05, 0) is 38.0 Å². The molecule has 0 aliphatic heterocycles. The van der Waals surface area contributed by atoms with Crippen molar-refractivity contribution in [1.29, 1.82) is 0 Å². The topological polar surface area (TPSA) is 51.0 Å². The van der Waals surface area contributed by atoms with Gasteiger partial charge in [0.15, 0.2) is 5.82 Å². The summed E-state index contributed by atoms with van der Waals surface area (Å²) >= 11 is 0. The summed E-state index contributed by atoms with van der Waals surface area (Å²) in [5.74, 6) is 3.11. The molecule has 2 atom stereocenters. The molecule has 1 heterocycles. The number of hydrogen-bond donors (Lipinski definition) is 1. The first-order valence-corrected chi connectivity index (χ1v) is 7.91. The van der Waals surface area contributed by atoms with Gasteiger partial charge in [-0.15, -0.1) is 0 Å². The van der Waals surface area contributed by atoms with Crippen LogP contribution in [-0.2, 0) is 6.54 Å². The molecule has 0 saturated heterocycles. The summed E-state index contributed by atoms with van der Waals surface area (Å²) in [6.45, 7) is 3.02. The Bertz CT molecular complexity index is 398. The Kier molecular flexibility index (Phi) is 4.16. The first-order valence-electron chi connectivity index (χ1n) is 7.91. The van der Waals surface area contributed by atoms with Crippen molar-refractivity contribution in [2.24, 2.45) is 5.92 Å². The van der Waals surface area contributed by atoms with E-state index in [2.05, 4.69) is 22.4 Å². The van der Waals surface area contributed by atoms with E-state index in [4.69, 9.17) is 4.52 Å². The van der Waals surface area contributed by atoms with Crippen LogP contribution in [0.3, 0.4) is 0 Å². The highest BCUT2D eigenvalue weighted by molar-refractivity contribution is 4.99. The zero-order valence-electron chi connectivity index (χ0n) is 11.9. The van der Waals surface area contributed by atoms with Crippen LogP contribution in [0.15, 0.2) is 4.52 Å². The first kappa shape index (κ1) is 13.1. The molecule has 0 spiro atoms. The predicted molar refractivity (Wildman–Crippen MR) is 73.8 cm³/mol. The van der Waals surface area contributed by atoms with Crippen molar-refractivity contribution >= 4 is 0 Å². The van der Waals surface area contributed by atoms with Crippen LogP contribution in [0, 0.1) is 5.92 Å². The van der Waals surface area contributed by atoms with Gasteiger partial charge >= 0.3 is 0 Å². The van der Waals surface area contributed by atoms with Crippen molar-refractivity contribution in [3.8, 4) is 0 Å². The van der Waals surface area contributed by atoms with Gasteiger partial charge in [-0.3, -0.25) is 0 Å². The molecule has 4 nitrogen and oxygen atoms in total. The summed E-state index contributed by atoms with van der Waals surface area (Å²) in [4.78, 5) is 4.58. The molecule has 2 fully saturated rings. The van der Waals surface area contributed by atoms with E-state index in [1.54, 1.807) is 0 Å². The molecule has 4 heteroatoms. The lowest BCUT2D eigenvalue weighted by Gasteiger charge is -2.08. The third-order valence-corrected chi connectivity index (χ3v) is 4.86. The van der Waals surface area contributed by atoms with Crippen LogP contribution >= 0.6 is 0 Å². The zero-order valence-corrected chi connectivity index (χ0v) is 11.9. The van der Waals surface area contributed by atoms with E-state index in [1.165, 1.54) is 51.4 Å². The molecule has 0 bridgehead atoms. The first-order chi connectivity index (χ1) is 9.35. The van der Waals surface area contributed by atoms with E-state index in [0.29, 0.717) is 12.0 Å². The Morgan fingerprint density at radius 1 is 1.21 bits per heavy atom. The number of hydrogen-bond acceptors (Lipinski definition) is 4. The van der Waals surface area contributed by atoms with Gasteiger partial charge in [-0.25, -0.2) is 0 Å². The van der Waals surface area contributed by atoms with E-state index < -0.39 is 0 Å². The van der Waals surface area contributed by atoms with Crippen LogP contribution in [-0.4, -0.2) is 16.2 Å². The maximum Gasteiger partial charge on any atom is 0.240 e. The number of aromatic nitrogens is 2. The van der Waals surface area contributed by atoms with E-state index in [-0.39, 0.29) is 0 Å². The Labute approximate surface area is 115 Å². The summed E-state index contributed by atoms with van der Waals surface area (Å²) in [6, 6.07) is 0.659. The molecule has 106 valence electrons. The van der Waals surface area contributed by atoms with Gasteiger partial charge in [0.2, 0.25) is 5.89 Å². The van der Waals surface area contributed by atoms with Crippen LogP contribution in [0.1, 0.15) is 75.9 Å². The lowest BCUT2D eigenvalue weighted by molar-refractivity contribution is 0.350. The minimum Gasteiger partial charge on any atom is -0.338 e. The van der Waals surface area contributed by atoms with Crippen molar-refractivity contribution in [2.45, 2.75) is 76.8 Å². The average molecular weight is 263 g/mol. The van der Waals surface area contributed by atoms with Gasteiger partial charge < -0.3 is 9.84 Å². The Hall–Kier alpha value is -0.900. The fourth-order valence-corrected chi connectivity index (χ4v) is 3.55. The monoisotopic (exact) mass is 263 g/mol. The molecular formula is C15H25N3O. The number of nitrogens with zero attached hydrogens (tertiary/aromatic N) is 2. The second kappa shape index (κ2) is 6.04. The highest BCUT2D eigenvalue weighted by Gasteiger charge is 2.28. The molecule has 0 aromatic carbocycles. The van der Waals surface area contributed by atoms with Crippen LogP contribution in [0.25, 0.3) is 0 Å². The van der Waals surface area contributed by atoms with Crippen LogP contribution < -0.4 is 5.32 Å². The van der Waals surface area contributed by atoms with E-state index >= 15 is 0 Å². The highest BCUT2D eigenvalue weighted by atomic mass is 16.5. The number of rotatable bonds is 5. The smallest absolute Gasteiger partial charge is 0.240 e. The van der Waals surface area contributed by atoms with Gasteiger partial charge in [-0.1, -0.05) is 31.3 Å². The van der Waals surface area contributed by atoms with Crippen molar-refractivity contribution in [3.05, 3.63) is 11.7 Å². The molecule has 2 saturated carbocycles. The van der Waals surface area contributed by atoms with Gasteiger partial charge in [0.05, 0.1) is 6.54 Å². The lowest BCUT2D eigenvalue weighted by atomic mass is 10.0. The quantitative estimate of drug-likeness (QED) is 0.884. The van der Waals surface area contributed by atoms with Crippen molar-refractivity contribution in [2.75, 3.05) is 0 Å². The van der Waals surface area contributed by atoms with E-state index in [1.807, 2.05) is 0 Å². The van der Waals surface area contributed by atoms with Gasteiger partial charge in [0, 0.05) is 12.0 Å². The van der Waals surface area contributed by atoms with Crippen molar-refractivity contribution < 1.29 is 4.52 Å². The summed E-state index contributed by atoms with van der Waals surface area (Å²) in [6.07, 6.45) is 10.4. The minimum atomic E-state index is 0.536. The maximum absolute atomic E-state index is 5.38. The molecule has 1 aromatic rings. The van der Waals surface area contributed by atoms with Crippen LogP contribution in [0.5, 0.6) is 0 Å². The molecule has 2 aliphatic carbocycles. The zero-order chi connectivity index (χ0) is 13.1. The molecule has 2 unspecified atom stereocenters. The molecule has 0 amide bonds. The fourth-order valence-electron chi connectivity index (χ4n) is 3.55. The standard InChI is InChI=1S/C15H25N3O/c1-2-11-7-8-12(9-11)15-17-14(19-18-15)10-16-13-5-3-4-6-13/h11-13,16H,2-10H2,1H3. The van der Waals surface area contributed by atoms with Crippen LogP contribution in [0.2, 0.25) is 0 Å². The number of nitrogens with one attached hydrogen (secondary N) is 1. The highest BCUT2D eigenvalue weighted by Crippen LogP contribution is 2.38. The van der Waals surface area contributed by atoms with Gasteiger partial charge in [0.1, 0.15) is 0 Å². The summed E-state index contributed by atoms with van der Waals surface area (Å²) < 4.78 is 5.38. The van der Waals surface area contributed by atoms with E-state index in [0.717, 1.165) is 24.2 Å². The molecule has 1 N–H and O–H groups in total. The molecule has 1 aromatic heterocycles. The maximum atomic E-state index is 5.38. The molecular weight excluding hydrogens is 238 g/mol. The summed E-state index contributed by atoms with van der Waals surface area (Å²) in [5.41, 5.74) is 0. The molecule has 0 radical (unpaired) electrons. The molecule has 2 aliphatic rings. The fraction of sp³-hybridized carbons (Fsp3) is 0.867. The van der Waals surface area contributed by atoms with Gasteiger partial charge in [-0.2, -0.15) is 4.98 Å². The van der Waals surface area contributed by atoms with E-state index in [9.17, 15) is 0 Å². The third-order valence-electron chi connectivity index (χ3n) is 4.86. The molecule has 19 heavy (non-hydrogen) atoms. The second-order valence-corrected chi connectivity index (χ2v) is 6.19. The third kappa shape index (κ3) is 3.16. The second-order valence-electron chi connectivity index (χ2n) is 6.19. The van der Waals surface area contributed by atoms with Crippen molar-refractivity contribution in [1.82, 2.24) is 15.5 Å². The summed E-state index contributed by atoms with van der Waals surface area (Å²) in [5, 5.41) is 7.71. The Morgan fingerprint density at radius 3 is 2.79 bits per heavy atom. The molecule has 3 rings (SSSR count). The average Bonchev–Trinajstić information content (AvgIpc) is 3.16. The van der Waals surface area contributed by atoms with Gasteiger partial charge in [0.25, 0.3) is 0 Å². The largest absolute Gasteiger partial charge is 0.338 e.